The van der Waals surface area contributed by atoms with E-state index in [1.165, 1.54) is 24.1 Å². The Bertz CT molecular complexity index is 844. The van der Waals surface area contributed by atoms with E-state index in [-0.39, 0.29) is 17.1 Å². The molecule has 3 N–H and O–H groups in total. The zero-order valence-electron chi connectivity index (χ0n) is 17.7. The van der Waals surface area contributed by atoms with Gasteiger partial charge in [0.05, 0.1) is 6.04 Å². The number of halogens is 1. The zero-order valence-corrected chi connectivity index (χ0v) is 17.7. The van der Waals surface area contributed by atoms with E-state index in [0.717, 1.165) is 44.5 Å². The van der Waals surface area contributed by atoms with Gasteiger partial charge in [0.15, 0.2) is 0 Å². The Morgan fingerprint density at radius 1 is 1.17 bits per heavy atom. The van der Waals surface area contributed by atoms with Gasteiger partial charge in [-0.3, -0.25) is 4.79 Å². The second-order valence-corrected chi connectivity index (χ2v) is 9.16. The number of nitrogens with two attached hydrogens (primary N) is 1. The highest BCUT2D eigenvalue weighted by atomic mass is 19.1. The Morgan fingerprint density at radius 3 is 2.47 bits per heavy atom. The summed E-state index contributed by atoms with van der Waals surface area (Å²) in [6.45, 7) is 4.13. The summed E-state index contributed by atoms with van der Waals surface area (Å²) in [4.78, 5) is 14.2. The molecule has 1 saturated carbocycles. The second kappa shape index (κ2) is 8.86. The molecule has 1 aliphatic heterocycles. The van der Waals surface area contributed by atoms with Gasteiger partial charge in [-0.05, 0) is 61.3 Å². The van der Waals surface area contributed by atoms with Crippen molar-refractivity contribution < 1.29 is 9.18 Å². The number of nitrogens with zero attached hydrogens (tertiary/aromatic N) is 1. The maximum atomic E-state index is 13.4. The topological polar surface area (TPSA) is 58.4 Å². The summed E-state index contributed by atoms with van der Waals surface area (Å²) in [5, 5.41) is 3.81. The molecule has 2 aromatic rings. The van der Waals surface area contributed by atoms with Gasteiger partial charge in [-0.15, -0.1) is 0 Å². The van der Waals surface area contributed by atoms with Crippen LogP contribution >= 0.6 is 0 Å². The minimum absolute atomic E-state index is 0.0321. The zero-order chi connectivity index (χ0) is 21.1. The number of hydrogen-bond donors (Lipinski definition) is 2. The van der Waals surface area contributed by atoms with Crippen molar-refractivity contribution in [3.8, 4) is 0 Å². The molecule has 0 spiro atoms. The molecule has 4 rings (SSSR count). The molecule has 3 atom stereocenters. The van der Waals surface area contributed by atoms with Crippen LogP contribution in [0.15, 0.2) is 54.6 Å². The van der Waals surface area contributed by atoms with Crippen LogP contribution in [0.5, 0.6) is 0 Å². The van der Waals surface area contributed by atoms with Crippen molar-refractivity contribution in [2.45, 2.75) is 50.6 Å². The molecular weight excluding hydrogens is 377 g/mol. The molecule has 0 radical (unpaired) electrons. The number of piperidine rings is 1. The van der Waals surface area contributed by atoms with E-state index in [2.05, 4.69) is 35.6 Å². The number of carbonyl (C=O) groups excluding carboxylic acids is 1. The smallest absolute Gasteiger partial charge is 0.239 e. The molecule has 3 unspecified atom stereocenters. The number of likely N-dealkylation sites (tertiary alicyclic amines) is 1. The highest BCUT2D eigenvalue weighted by molar-refractivity contribution is 5.81. The van der Waals surface area contributed by atoms with Crippen LogP contribution in [0.3, 0.4) is 0 Å². The first-order valence-electron chi connectivity index (χ1n) is 11.0. The number of carbonyl (C=O) groups is 1. The first kappa shape index (κ1) is 21.0. The van der Waals surface area contributed by atoms with Gasteiger partial charge in [-0.2, -0.15) is 0 Å². The standard InChI is InChI=1S/C25H32FN3O/c1-18(27)24(30)29-13-11-25(12-14-29,16-19-7-9-21(26)10-8-19)17-28-23-15-22(23)20-5-3-2-4-6-20/h2-10,18,22-23,28H,11-17,27H2,1H3. The number of hydrogen-bond acceptors (Lipinski definition) is 3. The van der Waals surface area contributed by atoms with Crippen molar-refractivity contribution in [1.29, 1.82) is 0 Å². The lowest BCUT2D eigenvalue weighted by Crippen LogP contribution is -2.51. The van der Waals surface area contributed by atoms with Gasteiger partial charge in [0, 0.05) is 31.6 Å². The summed E-state index contributed by atoms with van der Waals surface area (Å²) in [5.41, 5.74) is 8.43. The van der Waals surface area contributed by atoms with E-state index in [1.807, 2.05) is 17.0 Å². The van der Waals surface area contributed by atoms with Crippen LogP contribution in [-0.4, -0.2) is 42.5 Å². The molecule has 1 saturated heterocycles. The fraction of sp³-hybridized carbons (Fsp3) is 0.480. The lowest BCUT2D eigenvalue weighted by Gasteiger charge is -2.43. The predicted molar refractivity (Wildman–Crippen MR) is 118 cm³/mol. The molecular formula is C25H32FN3O. The molecule has 1 aliphatic carbocycles. The molecule has 0 aromatic heterocycles. The molecule has 0 bridgehead atoms. The molecule has 2 fully saturated rings. The molecule has 1 amide bonds. The normalized spacial score (nSPS) is 23.8. The predicted octanol–water partition coefficient (Wildman–Crippen LogP) is 3.47. The average molecular weight is 410 g/mol. The first-order chi connectivity index (χ1) is 14.5. The van der Waals surface area contributed by atoms with Gasteiger partial charge in [-0.1, -0.05) is 42.5 Å². The lowest BCUT2D eigenvalue weighted by atomic mass is 9.73. The van der Waals surface area contributed by atoms with Crippen LogP contribution in [0.1, 0.15) is 43.2 Å². The lowest BCUT2D eigenvalue weighted by molar-refractivity contribution is -0.134. The third-order valence-electron chi connectivity index (χ3n) is 6.78. The third kappa shape index (κ3) is 4.90. The van der Waals surface area contributed by atoms with E-state index in [0.29, 0.717) is 12.0 Å². The van der Waals surface area contributed by atoms with Crippen molar-refractivity contribution in [1.82, 2.24) is 10.2 Å². The highest BCUT2D eigenvalue weighted by Gasteiger charge is 2.42. The van der Waals surface area contributed by atoms with E-state index in [4.69, 9.17) is 5.73 Å². The molecule has 1 heterocycles. The van der Waals surface area contributed by atoms with E-state index in [9.17, 15) is 9.18 Å². The van der Waals surface area contributed by atoms with Crippen molar-refractivity contribution in [3.05, 3.63) is 71.5 Å². The molecule has 5 heteroatoms. The quantitative estimate of drug-likeness (QED) is 0.736. The Kier molecular flexibility index (Phi) is 6.21. The summed E-state index contributed by atoms with van der Waals surface area (Å²) < 4.78 is 13.4. The van der Waals surface area contributed by atoms with E-state index >= 15 is 0 Å². The van der Waals surface area contributed by atoms with Gasteiger partial charge in [-0.25, -0.2) is 4.39 Å². The number of benzene rings is 2. The molecule has 2 aromatic carbocycles. The van der Waals surface area contributed by atoms with Crippen LogP contribution in [0.2, 0.25) is 0 Å². The van der Waals surface area contributed by atoms with Crippen LogP contribution in [0.25, 0.3) is 0 Å². The summed E-state index contributed by atoms with van der Waals surface area (Å²) in [7, 11) is 0. The van der Waals surface area contributed by atoms with Crippen LogP contribution in [0.4, 0.5) is 4.39 Å². The number of rotatable bonds is 7. The summed E-state index contributed by atoms with van der Waals surface area (Å²) in [6, 6.07) is 17.6. The van der Waals surface area contributed by atoms with Crippen molar-refractivity contribution in [2.24, 2.45) is 11.1 Å². The Hall–Kier alpha value is -2.24. The average Bonchev–Trinajstić information content (AvgIpc) is 3.55. The number of nitrogens with one attached hydrogen (secondary N) is 1. The van der Waals surface area contributed by atoms with Crippen LogP contribution in [0, 0.1) is 11.2 Å². The molecule has 2 aliphatic rings. The Morgan fingerprint density at radius 2 is 1.83 bits per heavy atom. The first-order valence-corrected chi connectivity index (χ1v) is 11.0. The fourth-order valence-electron chi connectivity index (χ4n) is 4.78. The van der Waals surface area contributed by atoms with Gasteiger partial charge in [0.2, 0.25) is 5.91 Å². The summed E-state index contributed by atoms with van der Waals surface area (Å²) >= 11 is 0. The minimum Gasteiger partial charge on any atom is -0.341 e. The maximum Gasteiger partial charge on any atom is 0.239 e. The van der Waals surface area contributed by atoms with E-state index < -0.39 is 6.04 Å². The summed E-state index contributed by atoms with van der Waals surface area (Å²) in [6.07, 6.45) is 3.92. The van der Waals surface area contributed by atoms with Crippen LogP contribution in [-0.2, 0) is 11.2 Å². The molecule has 30 heavy (non-hydrogen) atoms. The number of amides is 1. The van der Waals surface area contributed by atoms with Crippen molar-refractivity contribution in [2.75, 3.05) is 19.6 Å². The third-order valence-corrected chi connectivity index (χ3v) is 6.78. The van der Waals surface area contributed by atoms with E-state index in [1.54, 1.807) is 6.92 Å². The molecule has 160 valence electrons. The highest BCUT2D eigenvalue weighted by Crippen LogP contribution is 2.42. The minimum atomic E-state index is -0.453. The van der Waals surface area contributed by atoms with Crippen molar-refractivity contribution in [3.63, 3.8) is 0 Å². The monoisotopic (exact) mass is 409 g/mol. The summed E-state index contributed by atoms with van der Waals surface area (Å²) in [5.74, 6) is 0.422. The van der Waals surface area contributed by atoms with Crippen LogP contribution < -0.4 is 11.1 Å². The second-order valence-electron chi connectivity index (χ2n) is 9.16. The SMILES string of the molecule is CC(N)C(=O)N1CCC(CNC2CC2c2ccccc2)(Cc2ccc(F)cc2)CC1. The molecule has 4 nitrogen and oxygen atoms in total. The van der Waals surface area contributed by atoms with Gasteiger partial charge >= 0.3 is 0 Å². The fourth-order valence-corrected chi connectivity index (χ4v) is 4.78. The largest absolute Gasteiger partial charge is 0.341 e. The van der Waals surface area contributed by atoms with Crippen molar-refractivity contribution >= 4 is 5.91 Å². The van der Waals surface area contributed by atoms with Gasteiger partial charge in [0.25, 0.3) is 0 Å². The maximum absolute atomic E-state index is 13.4. The van der Waals surface area contributed by atoms with Gasteiger partial charge in [0.1, 0.15) is 5.82 Å². The Balaban J connectivity index is 1.42. The Labute approximate surface area is 178 Å². The van der Waals surface area contributed by atoms with Gasteiger partial charge < -0.3 is 16.0 Å².